The summed E-state index contributed by atoms with van der Waals surface area (Å²) in [6, 6.07) is 11.7. The van der Waals surface area contributed by atoms with Gasteiger partial charge in [-0.25, -0.2) is 13.4 Å². The molecule has 0 radical (unpaired) electrons. The molecule has 1 amide bonds. The van der Waals surface area contributed by atoms with E-state index in [1.807, 2.05) is 31.1 Å². The molecule has 0 aliphatic heterocycles. The summed E-state index contributed by atoms with van der Waals surface area (Å²) < 4.78 is 25.3. The van der Waals surface area contributed by atoms with Gasteiger partial charge < -0.3 is 4.90 Å². The molecule has 0 fully saturated rings. The number of benzene rings is 2. The monoisotopic (exact) mass is 451 g/mol. The number of hydrogen-bond acceptors (Lipinski definition) is 6. The normalized spacial score (nSPS) is 11.9. The molecule has 0 atom stereocenters. The molecule has 0 bridgehead atoms. The van der Waals surface area contributed by atoms with Crippen LogP contribution in [-0.4, -0.2) is 57.1 Å². The molecular weight excluding hydrogens is 430 g/mol. The third-order valence-corrected chi connectivity index (χ3v) is 7.51. The van der Waals surface area contributed by atoms with E-state index in [-0.39, 0.29) is 16.6 Å². The van der Waals surface area contributed by atoms with Crippen molar-refractivity contribution in [2.24, 2.45) is 0 Å². The predicted molar refractivity (Wildman–Crippen MR) is 119 cm³/mol. The molecule has 3 aromatic rings. The van der Waals surface area contributed by atoms with Crippen molar-refractivity contribution in [3.63, 3.8) is 0 Å². The SMILES string of the molecule is CCS(=O)(=O)c1cccc(C(=O)N(CCN(C)C)c2nc3c(Cl)cccc3s2)c1. The van der Waals surface area contributed by atoms with Crippen molar-refractivity contribution < 1.29 is 13.2 Å². The molecule has 0 aliphatic rings. The Bertz CT molecular complexity index is 1140. The van der Waals surface area contributed by atoms with Crippen molar-refractivity contribution in [1.82, 2.24) is 9.88 Å². The quantitative estimate of drug-likeness (QED) is 0.544. The average Bonchev–Trinajstić information content (AvgIpc) is 3.13. The molecule has 154 valence electrons. The molecule has 0 saturated carbocycles. The third kappa shape index (κ3) is 4.78. The van der Waals surface area contributed by atoms with Crippen molar-refractivity contribution in [2.75, 3.05) is 37.8 Å². The van der Waals surface area contributed by atoms with Crippen LogP contribution in [0, 0.1) is 0 Å². The topological polar surface area (TPSA) is 70.6 Å². The standard InChI is InChI=1S/C20H22ClN3O3S2/c1-4-29(26,27)15-8-5-7-14(13-15)19(25)24(12-11-23(2)3)20-22-18-16(21)9-6-10-17(18)28-20/h5-10,13H,4,11-12H2,1-3H3. The summed E-state index contributed by atoms with van der Waals surface area (Å²) in [6.45, 7) is 2.62. The zero-order chi connectivity index (χ0) is 21.2. The van der Waals surface area contributed by atoms with Crippen LogP contribution in [0.5, 0.6) is 0 Å². The van der Waals surface area contributed by atoms with E-state index in [4.69, 9.17) is 11.6 Å². The number of sulfone groups is 1. The molecule has 29 heavy (non-hydrogen) atoms. The number of anilines is 1. The largest absolute Gasteiger partial charge is 0.308 e. The second-order valence-corrected chi connectivity index (χ2v) is 10.5. The zero-order valence-electron chi connectivity index (χ0n) is 16.4. The number of aromatic nitrogens is 1. The van der Waals surface area contributed by atoms with Gasteiger partial charge in [-0.2, -0.15) is 0 Å². The molecule has 0 aliphatic carbocycles. The van der Waals surface area contributed by atoms with Gasteiger partial charge in [-0.15, -0.1) is 0 Å². The first-order chi connectivity index (χ1) is 13.7. The minimum Gasteiger partial charge on any atom is -0.308 e. The molecule has 0 spiro atoms. The summed E-state index contributed by atoms with van der Waals surface area (Å²) in [5.74, 6) is -0.319. The lowest BCUT2D eigenvalue weighted by molar-refractivity contribution is 0.0985. The highest BCUT2D eigenvalue weighted by atomic mass is 35.5. The van der Waals surface area contributed by atoms with Crippen molar-refractivity contribution in [3.8, 4) is 0 Å². The van der Waals surface area contributed by atoms with Gasteiger partial charge in [0.25, 0.3) is 5.91 Å². The Morgan fingerprint density at radius 3 is 2.52 bits per heavy atom. The zero-order valence-corrected chi connectivity index (χ0v) is 18.8. The molecule has 6 nitrogen and oxygen atoms in total. The second-order valence-electron chi connectivity index (χ2n) is 6.77. The van der Waals surface area contributed by atoms with E-state index in [9.17, 15) is 13.2 Å². The maximum absolute atomic E-state index is 13.3. The highest BCUT2D eigenvalue weighted by molar-refractivity contribution is 7.91. The number of likely N-dealkylation sites (N-methyl/N-ethyl adjacent to an activating group) is 1. The summed E-state index contributed by atoms with van der Waals surface area (Å²) in [4.78, 5) is 21.6. The van der Waals surface area contributed by atoms with E-state index >= 15 is 0 Å². The molecule has 0 N–H and O–H groups in total. The lowest BCUT2D eigenvalue weighted by Crippen LogP contribution is -2.36. The number of amides is 1. The van der Waals surface area contributed by atoms with Gasteiger partial charge in [-0.05, 0) is 44.4 Å². The smallest absolute Gasteiger partial charge is 0.260 e. The summed E-state index contributed by atoms with van der Waals surface area (Å²) in [7, 11) is 0.440. The average molecular weight is 452 g/mol. The lowest BCUT2D eigenvalue weighted by atomic mass is 10.2. The summed E-state index contributed by atoms with van der Waals surface area (Å²) in [5.41, 5.74) is 0.961. The van der Waals surface area contributed by atoms with Gasteiger partial charge in [0.2, 0.25) is 0 Å². The van der Waals surface area contributed by atoms with E-state index in [2.05, 4.69) is 4.98 Å². The number of fused-ring (bicyclic) bond motifs is 1. The maximum atomic E-state index is 13.3. The Morgan fingerprint density at radius 1 is 1.14 bits per heavy atom. The van der Waals surface area contributed by atoms with Gasteiger partial charge in [-0.3, -0.25) is 9.69 Å². The van der Waals surface area contributed by atoms with E-state index in [0.717, 1.165) is 4.70 Å². The first-order valence-electron chi connectivity index (χ1n) is 9.07. The van der Waals surface area contributed by atoms with Gasteiger partial charge in [0.05, 0.1) is 20.4 Å². The number of hydrogen-bond donors (Lipinski definition) is 0. The third-order valence-electron chi connectivity index (χ3n) is 4.43. The van der Waals surface area contributed by atoms with Gasteiger partial charge in [0.1, 0.15) is 5.52 Å². The highest BCUT2D eigenvalue weighted by Gasteiger charge is 2.23. The van der Waals surface area contributed by atoms with Crippen LogP contribution >= 0.6 is 22.9 Å². The number of para-hydroxylation sites is 1. The summed E-state index contributed by atoms with van der Waals surface area (Å²) in [5, 5.41) is 1.06. The van der Waals surface area contributed by atoms with Crippen LogP contribution in [0.2, 0.25) is 5.02 Å². The first kappa shape index (κ1) is 21.7. The molecule has 0 saturated heterocycles. The Kier molecular flexibility index (Phi) is 6.58. The van der Waals surface area contributed by atoms with E-state index < -0.39 is 9.84 Å². The number of carbonyl (C=O) groups is 1. The van der Waals surface area contributed by atoms with Crippen LogP contribution < -0.4 is 4.90 Å². The van der Waals surface area contributed by atoms with Crippen LogP contribution in [0.1, 0.15) is 17.3 Å². The van der Waals surface area contributed by atoms with Crippen LogP contribution in [0.15, 0.2) is 47.4 Å². The fourth-order valence-electron chi connectivity index (χ4n) is 2.75. The molecule has 9 heteroatoms. The number of nitrogens with zero attached hydrogens (tertiary/aromatic N) is 3. The predicted octanol–water partition coefficient (Wildman–Crippen LogP) is 3.95. The maximum Gasteiger partial charge on any atom is 0.260 e. The first-order valence-corrected chi connectivity index (χ1v) is 11.9. The fourth-order valence-corrected chi connectivity index (χ4v) is 4.96. The minimum absolute atomic E-state index is 0.0225. The molecule has 3 rings (SSSR count). The second kappa shape index (κ2) is 8.79. The van der Waals surface area contributed by atoms with Gasteiger partial charge in [0.15, 0.2) is 15.0 Å². The molecule has 0 unspecified atom stereocenters. The number of halogens is 1. The van der Waals surface area contributed by atoms with Crippen molar-refractivity contribution in [2.45, 2.75) is 11.8 Å². The summed E-state index contributed by atoms with van der Waals surface area (Å²) >= 11 is 7.63. The van der Waals surface area contributed by atoms with Crippen LogP contribution in [0.3, 0.4) is 0 Å². The van der Waals surface area contributed by atoms with E-state index in [0.29, 0.717) is 34.3 Å². The van der Waals surface area contributed by atoms with Crippen molar-refractivity contribution in [1.29, 1.82) is 0 Å². The Morgan fingerprint density at radius 2 is 1.86 bits per heavy atom. The number of rotatable bonds is 7. The van der Waals surface area contributed by atoms with Crippen LogP contribution in [0.25, 0.3) is 10.2 Å². The highest BCUT2D eigenvalue weighted by Crippen LogP contribution is 2.33. The molecule has 2 aromatic carbocycles. The summed E-state index contributed by atoms with van der Waals surface area (Å²) in [6.07, 6.45) is 0. The van der Waals surface area contributed by atoms with Crippen molar-refractivity contribution in [3.05, 3.63) is 53.1 Å². The Balaban J connectivity index is 2.03. The van der Waals surface area contributed by atoms with Gasteiger partial charge in [0, 0.05) is 18.7 Å². The molecule has 1 aromatic heterocycles. The lowest BCUT2D eigenvalue weighted by Gasteiger charge is -2.22. The minimum atomic E-state index is -3.41. The molecular formula is C20H22ClN3O3S2. The van der Waals surface area contributed by atoms with Gasteiger partial charge >= 0.3 is 0 Å². The van der Waals surface area contributed by atoms with E-state index in [1.165, 1.54) is 23.5 Å². The van der Waals surface area contributed by atoms with Crippen LogP contribution in [-0.2, 0) is 9.84 Å². The molecule has 1 heterocycles. The fraction of sp³-hybridized carbons (Fsp3) is 0.300. The van der Waals surface area contributed by atoms with Crippen LogP contribution in [0.4, 0.5) is 5.13 Å². The Labute approximate surface area is 179 Å². The number of carbonyl (C=O) groups excluding carboxylic acids is 1. The Hall–Kier alpha value is -2.00. The van der Waals surface area contributed by atoms with Gasteiger partial charge in [-0.1, -0.05) is 42.0 Å². The number of thiazole rings is 1. The van der Waals surface area contributed by atoms with E-state index in [1.54, 1.807) is 30.0 Å². The van der Waals surface area contributed by atoms with Crippen molar-refractivity contribution >= 4 is 54.0 Å².